The number of hydrogen-bond acceptors (Lipinski definition) is 3. The van der Waals surface area contributed by atoms with Gasteiger partial charge >= 0.3 is 6.09 Å². The minimum Gasteiger partial charge on any atom is -0.465 e. The second-order valence-corrected chi connectivity index (χ2v) is 5.05. The van der Waals surface area contributed by atoms with Gasteiger partial charge in [0.05, 0.1) is 25.3 Å². The van der Waals surface area contributed by atoms with E-state index in [0.717, 1.165) is 5.56 Å². The summed E-state index contributed by atoms with van der Waals surface area (Å²) >= 11 is 5.83. The molecule has 104 valence electrons. The molecule has 3 N–H and O–H groups in total. The number of halogens is 1. The molecule has 0 spiro atoms. The van der Waals surface area contributed by atoms with Crippen molar-refractivity contribution in [2.24, 2.45) is 5.73 Å². The molecule has 0 bridgehead atoms. The van der Waals surface area contributed by atoms with Crippen molar-refractivity contribution in [3.63, 3.8) is 0 Å². The van der Waals surface area contributed by atoms with Crippen LogP contribution in [0.2, 0.25) is 5.02 Å². The van der Waals surface area contributed by atoms with Crippen LogP contribution in [0, 0.1) is 0 Å². The van der Waals surface area contributed by atoms with Gasteiger partial charge < -0.3 is 20.5 Å². The second kappa shape index (κ2) is 6.23. The van der Waals surface area contributed by atoms with Crippen LogP contribution in [0.4, 0.5) is 4.79 Å². The monoisotopic (exact) mass is 284 g/mol. The molecular formula is C13H17ClN2O3. The number of carbonyl (C=O) groups is 1. The van der Waals surface area contributed by atoms with Crippen LogP contribution in [-0.4, -0.2) is 47.9 Å². The standard InChI is InChI=1S/C13H17ClN2O3/c14-10-3-1-9(2-4-10)5-11-8-19-12(6-15)7-16(11)13(17)18/h1-4,11-12H,5-8,15H2,(H,17,18)/t11-,12-/m0/s1. The molecule has 2 atom stereocenters. The Morgan fingerprint density at radius 1 is 1.47 bits per heavy atom. The van der Waals surface area contributed by atoms with Crippen molar-refractivity contribution in [1.29, 1.82) is 0 Å². The summed E-state index contributed by atoms with van der Waals surface area (Å²) in [5.41, 5.74) is 6.56. The van der Waals surface area contributed by atoms with Gasteiger partial charge in [-0.1, -0.05) is 23.7 Å². The van der Waals surface area contributed by atoms with Gasteiger partial charge in [-0.25, -0.2) is 4.79 Å². The number of hydrogen-bond donors (Lipinski definition) is 2. The normalized spacial score (nSPS) is 23.4. The van der Waals surface area contributed by atoms with Gasteiger partial charge in [-0.2, -0.15) is 0 Å². The van der Waals surface area contributed by atoms with Crippen LogP contribution in [-0.2, 0) is 11.2 Å². The Bertz CT molecular complexity index is 438. The number of nitrogens with zero attached hydrogens (tertiary/aromatic N) is 1. The minimum atomic E-state index is -0.930. The first-order valence-electron chi connectivity index (χ1n) is 6.16. The van der Waals surface area contributed by atoms with Crippen LogP contribution >= 0.6 is 11.6 Å². The van der Waals surface area contributed by atoms with Gasteiger partial charge in [-0.05, 0) is 24.1 Å². The third-order valence-electron chi connectivity index (χ3n) is 3.26. The summed E-state index contributed by atoms with van der Waals surface area (Å²) in [7, 11) is 0. The molecule has 1 aliphatic rings. The highest BCUT2D eigenvalue weighted by Gasteiger charge is 2.31. The zero-order valence-corrected chi connectivity index (χ0v) is 11.2. The van der Waals surface area contributed by atoms with Crippen molar-refractivity contribution in [2.45, 2.75) is 18.6 Å². The SMILES string of the molecule is NC[C@H]1CN(C(=O)O)[C@@H](Cc2ccc(Cl)cc2)CO1. The molecule has 0 aliphatic carbocycles. The molecule has 0 unspecified atom stereocenters. The molecule has 1 heterocycles. The maximum Gasteiger partial charge on any atom is 0.407 e. The van der Waals surface area contributed by atoms with Crippen LogP contribution in [0.3, 0.4) is 0 Å². The first-order chi connectivity index (χ1) is 9.10. The number of ether oxygens (including phenoxy) is 1. The van der Waals surface area contributed by atoms with Gasteiger partial charge in [0.25, 0.3) is 0 Å². The average Bonchev–Trinajstić information content (AvgIpc) is 2.41. The molecule has 5 nitrogen and oxygen atoms in total. The predicted octanol–water partition coefficient (Wildman–Crippen LogP) is 1.59. The van der Waals surface area contributed by atoms with Gasteiger partial charge in [0.1, 0.15) is 0 Å². The molecule has 1 aromatic carbocycles. The summed E-state index contributed by atoms with van der Waals surface area (Å²) in [6, 6.07) is 7.22. The fraction of sp³-hybridized carbons (Fsp3) is 0.462. The van der Waals surface area contributed by atoms with Gasteiger partial charge in [0.2, 0.25) is 0 Å². The van der Waals surface area contributed by atoms with Crippen molar-refractivity contribution in [1.82, 2.24) is 4.90 Å². The summed E-state index contributed by atoms with van der Waals surface area (Å²) in [5, 5.41) is 9.92. The molecule has 0 aromatic heterocycles. The third kappa shape index (κ3) is 3.59. The Morgan fingerprint density at radius 3 is 2.74 bits per heavy atom. The van der Waals surface area contributed by atoms with E-state index >= 15 is 0 Å². The summed E-state index contributed by atoms with van der Waals surface area (Å²) in [4.78, 5) is 12.7. The molecular weight excluding hydrogens is 268 g/mol. The van der Waals surface area contributed by atoms with Crippen molar-refractivity contribution >= 4 is 17.7 Å². The first kappa shape index (κ1) is 14.1. The summed E-state index contributed by atoms with van der Waals surface area (Å²) in [5.74, 6) is 0. The zero-order chi connectivity index (χ0) is 13.8. The van der Waals surface area contributed by atoms with E-state index < -0.39 is 6.09 Å². The van der Waals surface area contributed by atoms with E-state index in [2.05, 4.69) is 0 Å². The van der Waals surface area contributed by atoms with Gasteiger partial charge in [-0.15, -0.1) is 0 Å². The number of nitrogens with two attached hydrogens (primary N) is 1. The highest BCUT2D eigenvalue weighted by molar-refractivity contribution is 6.30. The number of rotatable bonds is 3. The summed E-state index contributed by atoms with van der Waals surface area (Å²) in [6.45, 7) is 1.03. The lowest BCUT2D eigenvalue weighted by Crippen LogP contribution is -2.54. The molecule has 19 heavy (non-hydrogen) atoms. The maximum atomic E-state index is 11.3. The lowest BCUT2D eigenvalue weighted by Gasteiger charge is -2.37. The van der Waals surface area contributed by atoms with E-state index in [-0.39, 0.29) is 12.1 Å². The van der Waals surface area contributed by atoms with Crippen LogP contribution in [0.15, 0.2) is 24.3 Å². The smallest absolute Gasteiger partial charge is 0.407 e. The van der Waals surface area contributed by atoms with E-state index in [1.807, 2.05) is 12.1 Å². The van der Waals surface area contributed by atoms with Crippen LogP contribution < -0.4 is 5.73 Å². The first-order valence-corrected chi connectivity index (χ1v) is 6.53. The number of benzene rings is 1. The highest BCUT2D eigenvalue weighted by Crippen LogP contribution is 2.18. The number of carboxylic acid groups (broad SMARTS) is 1. The third-order valence-corrected chi connectivity index (χ3v) is 3.51. The molecule has 1 aromatic rings. The van der Waals surface area contributed by atoms with Crippen molar-refractivity contribution < 1.29 is 14.6 Å². The fourth-order valence-electron chi connectivity index (χ4n) is 2.20. The number of amides is 1. The van der Waals surface area contributed by atoms with E-state index in [9.17, 15) is 9.90 Å². The highest BCUT2D eigenvalue weighted by atomic mass is 35.5. The topological polar surface area (TPSA) is 75.8 Å². The maximum absolute atomic E-state index is 11.3. The fourth-order valence-corrected chi connectivity index (χ4v) is 2.32. The van der Waals surface area contributed by atoms with Crippen LogP contribution in [0.5, 0.6) is 0 Å². The van der Waals surface area contributed by atoms with E-state index in [4.69, 9.17) is 22.1 Å². The van der Waals surface area contributed by atoms with E-state index in [0.29, 0.717) is 31.1 Å². The Hall–Kier alpha value is -1.30. The molecule has 1 amide bonds. The summed E-state index contributed by atoms with van der Waals surface area (Å²) < 4.78 is 5.56. The second-order valence-electron chi connectivity index (χ2n) is 4.61. The lowest BCUT2D eigenvalue weighted by atomic mass is 10.0. The molecule has 6 heteroatoms. The minimum absolute atomic E-state index is 0.179. The van der Waals surface area contributed by atoms with Crippen molar-refractivity contribution in [3.05, 3.63) is 34.9 Å². The van der Waals surface area contributed by atoms with Crippen LogP contribution in [0.25, 0.3) is 0 Å². The zero-order valence-electron chi connectivity index (χ0n) is 10.5. The average molecular weight is 285 g/mol. The molecule has 0 radical (unpaired) electrons. The Kier molecular flexibility index (Phi) is 4.63. The van der Waals surface area contributed by atoms with Crippen molar-refractivity contribution in [3.8, 4) is 0 Å². The van der Waals surface area contributed by atoms with E-state index in [1.165, 1.54) is 4.90 Å². The largest absolute Gasteiger partial charge is 0.465 e. The van der Waals surface area contributed by atoms with Gasteiger partial charge in [0, 0.05) is 11.6 Å². The quantitative estimate of drug-likeness (QED) is 0.884. The van der Waals surface area contributed by atoms with E-state index in [1.54, 1.807) is 12.1 Å². The molecule has 0 saturated carbocycles. The van der Waals surface area contributed by atoms with Crippen LogP contribution in [0.1, 0.15) is 5.56 Å². The molecule has 2 rings (SSSR count). The Balaban J connectivity index is 2.05. The van der Waals surface area contributed by atoms with Gasteiger partial charge in [-0.3, -0.25) is 0 Å². The summed E-state index contributed by atoms with van der Waals surface area (Å²) in [6.07, 6.45) is -0.529. The number of morpholine rings is 1. The predicted molar refractivity (Wildman–Crippen MR) is 72.5 cm³/mol. The molecule has 1 saturated heterocycles. The molecule has 1 aliphatic heterocycles. The van der Waals surface area contributed by atoms with Gasteiger partial charge in [0.15, 0.2) is 0 Å². The Labute approximate surface area is 116 Å². The van der Waals surface area contributed by atoms with Crippen molar-refractivity contribution in [2.75, 3.05) is 19.7 Å². The lowest BCUT2D eigenvalue weighted by molar-refractivity contribution is -0.0489. The Morgan fingerprint density at radius 2 is 2.16 bits per heavy atom. The molecule has 1 fully saturated rings.